The predicted octanol–water partition coefficient (Wildman–Crippen LogP) is 5.99. The van der Waals surface area contributed by atoms with Gasteiger partial charge in [0, 0.05) is 12.7 Å². The molecule has 2 aromatic carbocycles. The quantitative estimate of drug-likeness (QED) is 0.436. The molecule has 35 heavy (non-hydrogen) atoms. The molecule has 1 aromatic heterocycles. The molecule has 3 aromatic rings. The molecule has 1 aliphatic heterocycles. The fourth-order valence-electron chi connectivity index (χ4n) is 4.15. The van der Waals surface area contributed by atoms with Crippen molar-refractivity contribution in [3.05, 3.63) is 84.1 Å². The summed E-state index contributed by atoms with van der Waals surface area (Å²) < 4.78 is 33.9. The van der Waals surface area contributed by atoms with Crippen molar-refractivity contribution in [1.29, 1.82) is 0 Å². The van der Waals surface area contributed by atoms with Crippen molar-refractivity contribution in [2.24, 2.45) is 0 Å². The fraction of sp³-hybridized carbons (Fsp3) is 0.333. The predicted molar refractivity (Wildman–Crippen MR) is 136 cm³/mol. The van der Waals surface area contributed by atoms with E-state index in [0.29, 0.717) is 29.4 Å². The maximum Gasteiger partial charge on any atom is 0.420 e. The zero-order valence-corrected chi connectivity index (χ0v) is 21.3. The number of benzene rings is 2. The number of hydrogen-bond acceptors (Lipinski definition) is 5. The van der Waals surface area contributed by atoms with Gasteiger partial charge in [-0.1, -0.05) is 42.0 Å². The first-order valence-electron chi connectivity index (χ1n) is 11.7. The van der Waals surface area contributed by atoms with Gasteiger partial charge >= 0.3 is 6.09 Å². The molecular formula is C27H31N3O4S. The Hall–Kier alpha value is -3.23. The van der Waals surface area contributed by atoms with Gasteiger partial charge < -0.3 is 4.74 Å². The number of para-hydroxylation sites is 1. The van der Waals surface area contributed by atoms with Gasteiger partial charge in [-0.05, 0) is 76.4 Å². The highest BCUT2D eigenvalue weighted by molar-refractivity contribution is 7.89. The van der Waals surface area contributed by atoms with Crippen LogP contribution < -0.4 is 4.90 Å². The molecule has 0 bridgehead atoms. The molecule has 2 heterocycles. The second kappa shape index (κ2) is 9.79. The van der Waals surface area contributed by atoms with Gasteiger partial charge in [0.15, 0.2) is 0 Å². The topological polar surface area (TPSA) is 79.8 Å². The highest BCUT2D eigenvalue weighted by Gasteiger charge is 2.36. The molecule has 1 fully saturated rings. The van der Waals surface area contributed by atoms with Crippen molar-refractivity contribution < 1.29 is 17.9 Å². The molecule has 1 atom stereocenters. The third-order valence-electron chi connectivity index (χ3n) is 5.81. The first-order chi connectivity index (χ1) is 16.6. The smallest absolute Gasteiger partial charge is 0.420 e. The Labute approximate surface area is 207 Å². The molecule has 0 spiro atoms. The molecule has 0 radical (unpaired) electrons. The Morgan fingerprint density at radius 3 is 2.31 bits per heavy atom. The van der Waals surface area contributed by atoms with Crippen molar-refractivity contribution in [3.63, 3.8) is 0 Å². The van der Waals surface area contributed by atoms with Crippen LogP contribution in [0.25, 0.3) is 0 Å². The maximum absolute atomic E-state index is 13.3. The maximum atomic E-state index is 13.3. The average Bonchev–Trinajstić information content (AvgIpc) is 3.31. The molecule has 4 rings (SSSR count). The number of carbonyl (C=O) groups excluding carboxylic acids is 1. The zero-order valence-electron chi connectivity index (χ0n) is 20.5. The van der Waals surface area contributed by atoms with Crippen LogP contribution in [-0.2, 0) is 14.8 Å². The first-order valence-corrected chi connectivity index (χ1v) is 13.1. The minimum absolute atomic E-state index is 0.291. The Kier molecular flexibility index (Phi) is 6.96. The van der Waals surface area contributed by atoms with Gasteiger partial charge in [-0.25, -0.2) is 23.1 Å². The number of ether oxygens (including phenoxy) is 1. The van der Waals surface area contributed by atoms with E-state index < -0.39 is 21.7 Å². The minimum atomic E-state index is -3.63. The van der Waals surface area contributed by atoms with Crippen LogP contribution in [0, 0.1) is 6.92 Å². The normalized spacial score (nSPS) is 16.7. The SMILES string of the molecule is Cc1ccc(S(=O)(=O)N2CCC[C@@H]2c2ccc(N(C(=O)OC(C)(C)C)c3ccccc3)nc2)cc1. The number of hydrogen-bond donors (Lipinski definition) is 0. The van der Waals surface area contributed by atoms with Gasteiger partial charge in [0.05, 0.1) is 16.6 Å². The number of aromatic nitrogens is 1. The molecule has 1 amide bonds. The highest BCUT2D eigenvalue weighted by atomic mass is 32.2. The van der Waals surface area contributed by atoms with E-state index in [1.807, 2.05) is 76.2 Å². The van der Waals surface area contributed by atoms with Gasteiger partial charge in [-0.15, -0.1) is 0 Å². The summed E-state index contributed by atoms with van der Waals surface area (Å²) in [5.41, 5.74) is 1.76. The molecule has 0 N–H and O–H groups in total. The van der Waals surface area contributed by atoms with E-state index in [0.717, 1.165) is 17.5 Å². The Balaban J connectivity index is 1.63. The van der Waals surface area contributed by atoms with Crippen LogP contribution in [0.4, 0.5) is 16.3 Å². The Bertz CT molecular complexity index is 1270. The van der Waals surface area contributed by atoms with E-state index in [9.17, 15) is 13.2 Å². The van der Waals surface area contributed by atoms with Crippen LogP contribution in [-0.4, -0.2) is 35.9 Å². The van der Waals surface area contributed by atoms with E-state index in [1.54, 1.807) is 28.7 Å². The van der Waals surface area contributed by atoms with Crippen molar-refractivity contribution in [2.45, 2.75) is 57.1 Å². The summed E-state index contributed by atoms with van der Waals surface area (Å²) in [6.07, 6.45) is 2.60. The molecular weight excluding hydrogens is 462 g/mol. The lowest BCUT2D eigenvalue weighted by atomic mass is 10.1. The highest BCUT2D eigenvalue weighted by Crippen LogP contribution is 2.37. The van der Waals surface area contributed by atoms with Crippen LogP contribution in [0.15, 0.2) is 77.8 Å². The third kappa shape index (κ3) is 5.55. The van der Waals surface area contributed by atoms with Crippen LogP contribution >= 0.6 is 0 Å². The second-order valence-corrected chi connectivity index (χ2v) is 11.6. The summed E-state index contributed by atoms with van der Waals surface area (Å²) in [5, 5.41) is 0. The largest absolute Gasteiger partial charge is 0.443 e. The van der Waals surface area contributed by atoms with Gasteiger partial charge in [0.25, 0.3) is 0 Å². The summed E-state index contributed by atoms with van der Waals surface area (Å²) in [7, 11) is -3.63. The molecule has 184 valence electrons. The van der Waals surface area contributed by atoms with Gasteiger partial charge in [-0.2, -0.15) is 4.31 Å². The van der Waals surface area contributed by atoms with Crippen LogP contribution in [0.5, 0.6) is 0 Å². The number of sulfonamides is 1. The monoisotopic (exact) mass is 493 g/mol. The molecule has 0 saturated carbocycles. The van der Waals surface area contributed by atoms with Crippen LogP contribution in [0.3, 0.4) is 0 Å². The van der Waals surface area contributed by atoms with E-state index in [1.165, 1.54) is 4.90 Å². The molecule has 0 unspecified atom stereocenters. The molecule has 0 aliphatic carbocycles. The summed E-state index contributed by atoms with van der Waals surface area (Å²) in [6, 6.07) is 19.4. The second-order valence-electron chi connectivity index (χ2n) is 9.69. The first kappa shape index (κ1) is 24.9. The third-order valence-corrected chi connectivity index (χ3v) is 7.73. The van der Waals surface area contributed by atoms with Crippen molar-refractivity contribution in [2.75, 3.05) is 11.4 Å². The average molecular weight is 494 g/mol. The van der Waals surface area contributed by atoms with Gasteiger partial charge in [0.2, 0.25) is 10.0 Å². The number of pyridine rings is 1. The zero-order chi connectivity index (χ0) is 25.2. The van der Waals surface area contributed by atoms with Crippen molar-refractivity contribution in [1.82, 2.24) is 9.29 Å². The molecule has 1 saturated heterocycles. The molecule has 1 aliphatic rings. The Morgan fingerprint density at radius 1 is 1.03 bits per heavy atom. The lowest BCUT2D eigenvalue weighted by Gasteiger charge is -2.27. The van der Waals surface area contributed by atoms with Crippen molar-refractivity contribution in [3.8, 4) is 0 Å². The van der Waals surface area contributed by atoms with E-state index in [4.69, 9.17) is 4.74 Å². The Morgan fingerprint density at radius 2 is 1.71 bits per heavy atom. The summed E-state index contributed by atoms with van der Waals surface area (Å²) in [6.45, 7) is 7.82. The lowest BCUT2D eigenvalue weighted by Crippen LogP contribution is -2.34. The number of rotatable bonds is 5. The standard InChI is InChI=1S/C27H31N3O4S/c1-20-12-15-23(16-13-20)35(32,33)29-18-8-11-24(29)21-14-17-25(28-19-21)30(22-9-6-5-7-10-22)26(31)34-27(2,3)4/h5-7,9-10,12-17,19,24H,8,11,18H2,1-4H3/t24-/m1/s1. The number of carbonyl (C=O) groups is 1. The summed E-state index contributed by atoms with van der Waals surface area (Å²) in [5.74, 6) is 0.403. The van der Waals surface area contributed by atoms with Gasteiger partial charge in [0.1, 0.15) is 11.4 Å². The lowest BCUT2D eigenvalue weighted by molar-refractivity contribution is 0.0598. The fourth-order valence-corrected chi connectivity index (χ4v) is 5.83. The van der Waals surface area contributed by atoms with Gasteiger partial charge in [-0.3, -0.25) is 0 Å². The molecule has 8 heteroatoms. The minimum Gasteiger partial charge on any atom is -0.443 e. The summed E-state index contributed by atoms with van der Waals surface area (Å²) in [4.78, 5) is 19.3. The number of aryl methyl sites for hydroxylation is 1. The molecule has 7 nitrogen and oxygen atoms in total. The number of anilines is 2. The van der Waals surface area contributed by atoms with E-state index in [2.05, 4.69) is 4.98 Å². The van der Waals surface area contributed by atoms with Crippen molar-refractivity contribution >= 4 is 27.6 Å². The van der Waals surface area contributed by atoms with Crippen LogP contribution in [0.2, 0.25) is 0 Å². The van der Waals surface area contributed by atoms with E-state index in [-0.39, 0.29) is 6.04 Å². The van der Waals surface area contributed by atoms with E-state index >= 15 is 0 Å². The number of nitrogens with zero attached hydrogens (tertiary/aromatic N) is 3. The summed E-state index contributed by atoms with van der Waals surface area (Å²) >= 11 is 0. The number of amides is 1. The van der Waals surface area contributed by atoms with Crippen LogP contribution in [0.1, 0.15) is 50.8 Å².